The van der Waals surface area contributed by atoms with Gasteiger partial charge in [0.1, 0.15) is 41.0 Å². The molecule has 0 bridgehead atoms. The normalized spacial score (nSPS) is 28.2. The van der Waals surface area contributed by atoms with Crippen molar-refractivity contribution in [3.63, 3.8) is 0 Å². The van der Waals surface area contributed by atoms with Crippen LogP contribution in [0.25, 0.3) is 32.1 Å². The predicted octanol–water partition coefficient (Wildman–Crippen LogP) is 6.66. The molecule has 4 aromatic rings. The molecule has 0 unspecified atom stereocenters. The Bertz CT molecular complexity index is 2120. The lowest BCUT2D eigenvalue weighted by Crippen LogP contribution is -2.43. The van der Waals surface area contributed by atoms with Gasteiger partial charge in [0.25, 0.3) is 0 Å². The Morgan fingerprint density at radius 1 is 1.27 bits per heavy atom. The fourth-order valence-electron chi connectivity index (χ4n) is 7.54. The highest BCUT2D eigenvalue weighted by Crippen LogP contribution is 2.50. The standard InChI is InChI=1S/C32H27ClF6N6O2S/c33-23-18-12-46-7-6-45(26(18)23)29-16-8-19(32(37,38)39)22(15-2-3-20(35)27-21(15)17(10-40)28(41)48-27)24(36)25(16)42-30(43-29)47-13-31-4-1-5-44(31)11-14(34)9-31/h2-3,8,14,18,23,26H,1,4-7,9,11-13,41H2/t14-,18+,23+,26+,31+/m1/s1/i13D2. The number of thiophene rings is 1. The number of anilines is 2. The molecule has 0 spiro atoms. The molecule has 5 atom stereocenters. The summed E-state index contributed by atoms with van der Waals surface area (Å²) in [6.07, 6.45) is -5.81. The number of nitrogen functional groups attached to an aromatic ring is 1. The number of ether oxygens (including phenoxy) is 2. The van der Waals surface area contributed by atoms with Crippen LogP contribution in [-0.4, -0.2) is 77.4 Å². The molecule has 0 radical (unpaired) electrons. The highest BCUT2D eigenvalue weighted by Gasteiger charge is 2.55. The third-order valence-corrected chi connectivity index (χ3v) is 11.4. The van der Waals surface area contributed by atoms with E-state index in [1.165, 1.54) is 0 Å². The fraction of sp³-hybridized carbons (Fsp3) is 0.469. The molecule has 3 aliphatic heterocycles. The zero-order valence-electron chi connectivity index (χ0n) is 26.9. The van der Waals surface area contributed by atoms with Gasteiger partial charge in [0.2, 0.25) is 0 Å². The van der Waals surface area contributed by atoms with Crippen LogP contribution in [-0.2, 0) is 10.9 Å². The lowest BCUT2D eigenvalue weighted by molar-refractivity contribution is -0.137. The summed E-state index contributed by atoms with van der Waals surface area (Å²) in [5.41, 5.74) is 0.702. The van der Waals surface area contributed by atoms with E-state index in [-0.39, 0.29) is 76.9 Å². The zero-order chi connectivity index (χ0) is 35.5. The van der Waals surface area contributed by atoms with Gasteiger partial charge in [-0.05, 0) is 37.1 Å². The van der Waals surface area contributed by atoms with E-state index in [9.17, 15) is 27.2 Å². The van der Waals surface area contributed by atoms with Gasteiger partial charge in [-0.15, -0.1) is 22.9 Å². The summed E-state index contributed by atoms with van der Waals surface area (Å²) < 4.78 is 121. The number of nitrogens with two attached hydrogens (primary N) is 1. The lowest BCUT2D eigenvalue weighted by Gasteiger charge is -2.31. The average Bonchev–Trinajstić information content (AvgIpc) is 3.23. The molecule has 8 rings (SSSR count). The molecule has 16 heteroatoms. The minimum absolute atomic E-state index is 0.00276. The summed E-state index contributed by atoms with van der Waals surface area (Å²) in [7, 11) is 0. The second-order valence-corrected chi connectivity index (χ2v) is 14.1. The molecule has 48 heavy (non-hydrogen) atoms. The number of benzene rings is 2. The number of hydrogen-bond acceptors (Lipinski definition) is 9. The second-order valence-electron chi connectivity index (χ2n) is 12.5. The summed E-state index contributed by atoms with van der Waals surface area (Å²) in [6, 6.07) is 3.16. The van der Waals surface area contributed by atoms with Crippen LogP contribution in [0, 0.1) is 28.9 Å². The smallest absolute Gasteiger partial charge is 0.417 e. The quantitative estimate of drug-likeness (QED) is 0.181. The SMILES string of the molecule is [2H]C([2H])(Oc1nc(N2CCOC[C@H]3[C@H](Cl)[C@H]32)c2cc(C(F)(F)F)c(-c3ccc(F)c4sc(N)c(C#N)c34)c(F)c2n1)[C@@]12CCCN1C[C@H](F)C2. The molecule has 2 aromatic carbocycles. The molecule has 1 saturated carbocycles. The largest absolute Gasteiger partial charge is 0.461 e. The fourth-order valence-corrected chi connectivity index (χ4v) is 8.95. The molecule has 1 aliphatic carbocycles. The van der Waals surface area contributed by atoms with E-state index in [2.05, 4.69) is 9.97 Å². The third kappa shape index (κ3) is 4.86. The van der Waals surface area contributed by atoms with E-state index < -0.39 is 75.7 Å². The molecule has 252 valence electrons. The Balaban J connectivity index is 1.39. The highest BCUT2D eigenvalue weighted by molar-refractivity contribution is 7.23. The van der Waals surface area contributed by atoms with E-state index in [1.807, 2.05) is 0 Å². The Morgan fingerprint density at radius 2 is 2.08 bits per heavy atom. The first-order valence-corrected chi connectivity index (χ1v) is 16.5. The van der Waals surface area contributed by atoms with E-state index in [0.717, 1.165) is 12.1 Å². The van der Waals surface area contributed by atoms with Gasteiger partial charge in [-0.25, -0.2) is 13.2 Å². The Hall–Kier alpha value is -3.58. The van der Waals surface area contributed by atoms with E-state index in [4.69, 9.17) is 29.5 Å². The monoisotopic (exact) mass is 710 g/mol. The van der Waals surface area contributed by atoms with Crippen LogP contribution < -0.4 is 15.4 Å². The van der Waals surface area contributed by atoms with Crippen LogP contribution in [0.5, 0.6) is 6.01 Å². The molecular weight excluding hydrogens is 682 g/mol. The number of fused-ring (bicyclic) bond motifs is 4. The molecule has 0 amide bonds. The zero-order valence-corrected chi connectivity index (χ0v) is 26.5. The molecule has 2 aromatic heterocycles. The maximum Gasteiger partial charge on any atom is 0.417 e. The second kappa shape index (κ2) is 11.2. The van der Waals surface area contributed by atoms with Crippen LogP contribution in [0.15, 0.2) is 18.2 Å². The predicted molar refractivity (Wildman–Crippen MR) is 168 cm³/mol. The molecule has 4 aliphatic rings. The average molecular weight is 711 g/mol. The topological polar surface area (TPSA) is 101 Å². The summed E-state index contributed by atoms with van der Waals surface area (Å²) >= 11 is 7.20. The van der Waals surface area contributed by atoms with Crippen molar-refractivity contribution in [2.24, 2.45) is 5.92 Å². The molecule has 5 heterocycles. The number of alkyl halides is 5. The Labute approximate surface area is 281 Å². The van der Waals surface area contributed by atoms with Gasteiger partial charge in [0, 0.05) is 41.8 Å². The van der Waals surface area contributed by atoms with Crippen molar-refractivity contribution >= 4 is 54.7 Å². The molecule has 2 N–H and O–H groups in total. The number of nitrogens with zero attached hydrogens (tertiary/aromatic N) is 5. The maximum atomic E-state index is 17.1. The Morgan fingerprint density at radius 3 is 2.85 bits per heavy atom. The maximum absolute atomic E-state index is 17.1. The molecular formula is C32H27ClF6N6O2S. The first-order valence-electron chi connectivity index (χ1n) is 16.3. The van der Waals surface area contributed by atoms with E-state index in [1.54, 1.807) is 15.9 Å². The number of rotatable bonds is 5. The van der Waals surface area contributed by atoms with E-state index in [0.29, 0.717) is 30.4 Å². The van der Waals surface area contributed by atoms with Crippen LogP contribution in [0.4, 0.5) is 37.2 Å². The molecule has 3 saturated heterocycles. The van der Waals surface area contributed by atoms with E-state index >= 15 is 4.39 Å². The Kier molecular flexibility index (Phi) is 6.86. The number of halogens is 7. The van der Waals surface area contributed by atoms with Crippen molar-refractivity contribution in [2.45, 2.75) is 48.6 Å². The van der Waals surface area contributed by atoms with Crippen LogP contribution in [0.1, 0.15) is 33.1 Å². The van der Waals surface area contributed by atoms with Gasteiger partial charge >= 0.3 is 12.2 Å². The third-order valence-electron chi connectivity index (χ3n) is 9.78. The van der Waals surface area contributed by atoms with Gasteiger partial charge < -0.3 is 20.1 Å². The first-order chi connectivity index (χ1) is 23.7. The van der Waals surface area contributed by atoms with Crippen molar-refractivity contribution in [1.82, 2.24) is 14.9 Å². The van der Waals surface area contributed by atoms with Crippen molar-refractivity contribution < 1.29 is 38.6 Å². The summed E-state index contributed by atoms with van der Waals surface area (Å²) in [5.74, 6) is -2.74. The van der Waals surface area contributed by atoms with Crippen LogP contribution in [0.2, 0.25) is 0 Å². The van der Waals surface area contributed by atoms with Crippen molar-refractivity contribution in [3.05, 3.63) is 41.0 Å². The minimum Gasteiger partial charge on any atom is -0.461 e. The number of aromatic nitrogens is 2. The summed E-state index contributed by atoms with van der Waals surface area (Å²) in [6.45, 7) is -1.63. The highest BCUT2D eigenvalue weighted by atomic mass is 35.5. The van der Waals surface area contributed by atoms with Gasteiger partial charge in [0.05, 0.1) is 48.7 Å². The minimum atomic E-state index is -5.17. The number of hydrogen-bond donors (Lipinski definition) is 1. The summed E-state index contributed by atoms with van der Waals surface area (Å²) in [5, 5.41) is 8.54. The number of nitriles is 1. The summed E-state index contributed by atoms with van der Waals surface area (Å²) in [4.78, 5) is 11.8. The van der Waals surface area contributed by atoms with Gasteiger partial charge in [-0.3, -0.25) is 4.90 Å². The first kappa shape index (κ1) is 29.3. The lowest BCUT2D eigenvalue weighted by atomic mass is 9.92. The molecule has 8 nitrogen and oxygen atoms in total. The van der Waals surface area contributed by atoms with Crippen molar-refractivity contribution in [1.29, 1.82) is 5.26 Å². The van der Waals surface area contributed by atoms with Crippen molar-refractivity contribution in [3.8, 4) is 23.2 Å². The van der Waals surface area contributed by atoms with Gasteiger partial charge in [-0.2, -0.15) is 28.4 Å². The molecule has 4 fully saturated rings. The van der Waals surface area contributed by atoms with Crippen LogP contribution >= 0.6 is 22.9 Å². The van der Waals surface area contributed by atoms with Gasteiger partial charge in [0.15, 0.2) is 5.82 Å². The van der Waals surface area contributed by atoms with Gasteiger partial charge in [-0.1, -0.05) is 6.07 Å². The van der Waals surface area contributed by atoms with Crippen molar-refractivity contribution in [2.75, 3.05) is 50.0 Å². The van der Waals surface area contributed by atoms with Crippen LogP contribution in [0.3, 0.4) is 0 Å².